The number of rotatable bonds is 6. The van der Waals surface area contributed by atoms with Gasteiger partial charge in [0.1, 0.15) is 11.4 Å². The molecule has 1 aliphatic rings. The van der Waals surface area contributed by atoms with Crippen molar-refractivity contribution in [2.24, 2.45) is 0 Å². The molecule has 0 bridgehead atoms. The monoisotopic (exact) mass is 454 g/mol. The smallest absolute Gasteiger partial charge is 0.336 e. The van der Waals surface area contributed by atoms with Crippen molar-refractivity contribution >= 4 is 16.9 Å². The van der Waals surface area contributed by atoms with E-state index in [-0.39, 0.29) is 30.4 Å². The summed E-state index contributed by atoms with van der Waals surface area (Å²) in [5.74, 6) is 0.409. The van der Waals surface area contributed by atoms with E-state index in [0.29, 0.717) is 42.1 Å². The van der Waals surface area contributed by atoms with Gasteiger partial charge in [0.2, 0.25) is 0 Å². The number of halogens is 1. The molecular formula is C25H27FN2O5. The van der Waals surface area contributed by atoms with Crippen molar-refractivity contribution in [1.82, 2.24) is 9.80 Å². The molecule has 1 aromatic heterocycles. The van der Waals surface area contributed by atoms with Gasteiger partial charge >= 0.3 is 5.63 Å². The van der Waals surface area contributed by atoms with Crippen LogP contribution in [-0.2, 0) is 11.3 Å². The lowest BCUT2D eigenvalue weighted by Crippen LogP contribution is -2.58. The van der Waals surface area contributed by atoms with E-state index in [1.165, 1.54) is 25.3 Å². The van der Waals surface area contributed by atoms with E-state index < -0.39 is 5.63 Å². The fourth-order valence-corrected chi connectivity index (χ4v) is 4.16. The van der Waals surface area contributed by atoms with Gasteiger partial charge in [-0.25, -0.2) is 9.18 Å². The van der Waals surface area contributed by atoms with Crippen LogP contribution < -0.4 is 15.1 Å². The molecule has 8 heteroatoms. The first kappa shape index (κ1) is 22.8. The number of nitrogens with zero attached hydrogens (tertiary/aromatic N) is 2. The fourth-order valence-electron chi connectivity index (χ4n) is 4.16. The second-order valence-electron chi connectivity index (χ2n) is 8.38. The van der Waals surface area contributed by atoms with E-state index in [1.54, 1.807) is 30.3 Å². The average molecular weight is 454 g/mol. The van der Waals surface area contributed by atoms with Crippen molar-refractivity contribution in [3.05, 3.63) is 70.3 Å². The Hall–Kier alpha value is -3.39. The number of methoxy groups -OCH3 is 1. The molecule has 33 heavy (non-hydrogen) atoms. The van der Waals surface area contributed by atoms with Gasteiger partial charge in [0.05, 0.1) is 7.11 Å². The second kappa shape index (κ2) is 9.62. The third kappa shape index (κ3) is 5.17. The van der Waals surface area contributed by atoms with Crippen molar-refractivity contribution in [2.75, 3.05) is 26.8 Å². The van der Waals surface area contributed by atoms with Crippen LogP contribution in [0.15, 0.2) is 57.7 Å². The lowest BCUT2D eigenvalue weighted by Gasteiger charge is -2.44. The Morgan fingerprint density at radius 3 is 2.55 bits per heavy atom. The molecule has 1 amide bonds. The summed E-state index contributed by atoms with van der Waals surface area (Å²) in [6.45, 7) is 5.89. The summed E-state index contributed by atoms with van der Waals surface area (Å²) in [4.78, 5) is 28.6. The lowest BCUT2D eigenvalue weighted by molar-refractivity contribution is -0.139. The summed E-state index contributed by atoms with van der Waals surface area (Å²) in [6, 6.07) is 12.9. The van der Waals surface area contributed by atoms with Gasteiger partial charge in [-0.3, -0.25) is 9.69 Å². The Morgan fingerprint density at radius 2 is 1.82 bits per heavy atom. The van der Waals surface area contributed by atoms with E-state index in [4.69, 9.17) is 13.9 Å². The van der Waals surface area contributed by atoms with Crippen molar-refractivity contribution in [3.63, 3.8) is 0 Å². The minimum absolute atomic E-state index is 0.00531. The first-order chi connectivity index (χ1) is 15.8. The van der Waals surface area contributed by atoms with Crippen LogP contribution in [0.25, 0.3) is 11.0 Å². The van der Waals surface area contributed by atoms with Crippen LogP contribution in [0.2, 0.25) is 0 Å². The zero-order valence-electron chi connectivity index (χ0n) is 18.9. The highest BCUT2D eigenvalue weighted by Crippen LogP contribution is 2.32. The van der Waals surface area contributed by atoms with Crippen molar-refractivity contribution in [3.8, 4) is 11.5 Å². The van der Waals surface area contributed by atoms with E-state index in [1.807, 2.05) is 11.8 Å². The summed E-state index contributed by atoms with van der Waals surface area (Å²) in [7, 11) is 1.51. The predicted molar refractivity (Wildman–Crippen MR) is 122 cm³/mol. The number of carbonyl (C=O) groups is 1. The highest BCUT2D eigenvalue weighted by molar-refractivity contribution is 5.82. The molecule has 7 nitrogen and oxygen atoms in total. The molecule has 0 unspecified atom stereocenters. The molecule has 1 aliphatic heterocycles. The van der Waals surface area contributed by atoms with Gasteiger partial charge in [0.25, 0.3) is 5.91 Å². The number of hydrogen-bond acceptors (Lipinski definition) is 6. The van der Waals surface area contributed by atoms with Gasteiger partial charge in [-0.2, -0.15) is 0 Å². The van der Waals surface area contributed by atoms with Gasteiger partial charge in [0, 0.05) is 49.2 Å². The van der Waals surface area contributed by atoms with Gasteiger partial charge in [-0.05, 0) is 43.7 Å². The summed E-state index contributed by atoms with van der Waals surface area (Å²) < 4.78 is 29.6. The molecule has 174 valence electrons. The molecule has 2 atom stereocenters. The van der Waals surface area contributed by atoms with Crippen LogP contribution in [0.5, 0.6) is 11.5 Å². The molecule has 4 rings (SSSR count). The summed E-state index contributed by atoms with van der Waals surface area (Å²) >= 11 is 0. The number of piperazine rings is 1. The summed E-state index contributed by atoms with van der Waals surface area (Å²) in [5.41, 5.74) is 0.937. The molecule has 3 aromatic rings. The van der Waals surface area contributed by atoms with E-state index in [9.17, 15) is 14.0 Å². The standard InChI is InChI=1S/C25H27FN2O5/c1-16-13-28(17(2)12-27(16)14-18-4-7-20(26)8-5-18)24(29)15-32-23-11-21-19(10-22(23)31-3)6-9-25(30)33-21/h4-11,16-17H,12-15H2,1-3H3/t16-,17+/m1/s1. The number of amides is 1. The first-order valence-corrected chi connectivity index (χ1v) is 10.9. The molecule has 2 aromatic carbocycles. The molecular weight excluding hydrogens is 427 g/mol. The first-order valence-electron chi connectivity index (χ1n) is 10.9. The number of carbonyl (C=O) groups excluding carboxylic acids is 1. The van der Waals surface area contributed by atoms with Crippen molar-refractivity contribution in [1.29, 1.82) is 0 Å². The Kier molecular flexibility index (Phi) is 6.65. The van der Waals surface area contributed by atoms with Crippen LogP contribution >= 0.6 is 0 Å². The third-order valence-electron chi connectivity index (χ3n) is 5.99. The Labute approximate surface area is 191 Å². The number of benzene rings is 2. The Morgan fingerprint density at radius 1 is 1.06 bits per heavy atom. The Bertz CT molecular complexity index is 1190. The highest BCUT2D eigenvalue weighted by atomic mass is 19.1. The number of ether oxygens (including phenoxy) is 2. The van der Waals surface area contributed by atoms with Gasteiger partial charge < -0.3 is 18.8 Å². The summed E-state index contributed by atoms with van der Waals surface area (Å²) in [5, 5.41) is 0.699. The highest BCUT2D eigenvalue weighted by Gasteiger charge is 2.32. The van der Waals surface area contributed by atoms with Crippen molar-refractivity contribution < 1.29 is 23.1 Å². The van der Waals surface area contributed by atoms with Crippen LogP contribution in [0.4, 0.5) is 4.39 Å². The van der Waals surface area contributed by atoms with E-state index in [2.05, 4.69) is 11.8 Å². The van der Waals surface area contributed by atoms with E-state index in [0.717, 1.165) is 5.56 Å². The SMILES string of the molecule is COc1cc2ccc(=O)oc2cc1OCC(=O)N1C[C@@H](C)N(Cc2ccc(F)cc2)C[C@@H]1C. The zero-order chi connectivity index (χ0) is 23.5. The topological polar surface area (TPSA) is 72.2 Å². The molecule has 1 saturated heterocycles. The maximum Gasteiger partial charge on any atom is 0.336 e. The Balaban J connectivity index is 1.40. The van der Waals surface area contributed by atoms with Gasteiger partial charge in [-0.15, -0.1) is 0 Å². The lowest BCUT2D eigenvalue weighted by atomic mass is 10.1. The van der Waals surface area contributed by atoms with Crippen LogP contribution in [0.3, 0.4) is 0 Å². The van der Waals surface area contributed by atoms with Crippen LogP contribution in [0, 0.1) is 5.82 Å². The fraction of sp³-hybridized carbons (Fsp3) is 0.360. The number of hydrogen-bond donors (Lipinski definition) is 0. The van der Waals surface area contributed by atoms with E-state index >= 15 is 0 Å². The van der Waals surface area contributed by atoms with Crippen molar-refractivity contribution in [2.45, 2.75) is 32.5 Å². The minimum atomic E-state index is -0.462. The molecule has 0 spiro atoms. The normalized spacial score (nSPS) is 19.0. The van der Waals surface area contributed by atoms with Gasteiger partial charge in [-0.1, -0.05) is 12.1 Å². The van der Waals surface area contributed by atoms with Crippen LogP contribution in [0.1, 0.15) is 19.4 Å². The zero-order valence-corrected chi connectivity index (χ0v) is 18.9. The van der Waals surface area contributed by atoms with Crippen LogP contribution in [-0.4, -0.2) is 54.6 Å². The molecule has 0 aliphatic carbocycles. The quantitative estimate of drug-likeness (QED) is 0.532. The minimum Gasteiger partial charge on any atom is -0.493 e. The maximum atomic E-state index is 13.2. The average Bonchev–Trinajstić information content (AvgIpc) is 2.80. The predicted octanol–water partition coefficient (Wildman–Crippen LogP) is 3.44. The second-order valence-corrected chi connectivity index (χ2v) is 8.38. The third-order valence-corrected chi connectivity index (χ3v) is 5.99. The molecule has 0 saturated carbocycles. The molecule has 0 radical (unpaired) electrons. The molecule has 0 N–H and O–H groups in total. The molecule has 1 fully saturated rings. The maximum absolute atomic E-state index is 13.2. The molecule has 2 heterocycles. The largest absolute Gasteiger partial charge is 0.493 e. The van der Waals surface area contributed by atoms with Gasteiger partial charge in [0.15, 0.2) is 18.1 Å². The summed E-state index contributed by atoms with van der Waals surface area (Å²) in [6.07, 6.45) is 0. The number of fused-ring (bicyclic) bond motifs is 1.